The first kappa shape index (κ1) is 13.1. The molecule has 0 fully saturated rings. The lowest BCUT2D eigenvalue weighted by Gasteiger charge is -2.10. The van der Waals surface area contributed by atoms with Gasteiger partial charge in [0.25, 0.3) is 0 Å². The zero-order valence-corrected chi connectivity index (χ0v) is 11.8. The van der Waals surface area contributed by atoms with Crippen LogP contribution in [0.15, 0.2) is 36.9 Å². The minimum absolute atomic E-state index is 0.228. The standard InChI is InChI=1S/C14H14ClFN4/c1-10(15)14-18-12-8-11(16)2-3-13(12)20(14)7-6-19-5-4-17-9-19/h2-5,8-10H,6-7H2,1H3. The summed E-state index contributed by atoms with van der Waals surface area (Å²) in [5.41, 5.74) is 1.53. The van der Waals surface area contributed by atoms with E-state index in [0.29, 0.717) is 12.1 Å². The van der Waals surface area contributed by atoms with E-state index in [1.807, 2.05) is 22.3 Å². The molecule has 1 unspecified atom stereocenters. The van der Waals surface area contributed by atoms with E-state index < -0.39 is 0 Å². The van der Waals surface area contributed by atoms with Crippen molar-refractivity contribution in [2.24, 2.45) is 0 Å². The van der Waals surface area contributed by atoms with E-state index in [1.165, 1.54) is 12.1 Å². The lowest BCUT2D eigenvalue weighted by Crippen LogP contribution is -2.09. The summed E-state index contributed by atoms with van der Waals surface area (Å²) in [5, 5.41) is -0.228. The molecule has 1 aromatic carbocycles. The predicted molar refractivity (Wildman–Crippen MR) is 76.2 cm³/mol. The van der Waals surface area contributed by atoms with Crippen LogP contribution in [0.5, 0.6) is 0 Å². The predicted octanol–water partition coefficient (Wildman–Crippen LogP) is 3.37. The molecule has 20 heavy (non-hydrogen) atoms. The summed E-state index contributed by atoms with van der Waals surface area (Å²) in [6.07, 6.45) is 5.41. The highest BCUT2D eigenvalue weighted by atomic mass is 35.5. The van der Waals surface area contributed by atoms with Crippen molar-refractivity contribution in [3.63, 3.8) is 0 Å². The maximum absolute atomic E-state index is 13.3. The number of hydrogen-bond acceptors (Lipinski definition) is 2. The topological polar surface area (TPSA) is 35.6 Å². The summed E-state index contributed by atoms with van der Waals surface area (Å²) >= 11 is 6.18. The Morgan fingerprint density at radius 2 is 2.20 bits per heavy atom. The molecule has 0 bridgehead atoms. The van der Waals surface area contributed by atoms with Crippen LogP contribution in [0.1, 0.15) is 18.1 Å². The van der Waals surface area contributed by atoms with Crippen LogP contribution < -0.4 is 0 Å². The van der Waals surface area contributed by atoms with Gasteiger partial charge in [0.1, 0.15) is 11.6 Å². The molecule has 3 rings (SSSR count). The summed E-state index contributed by atoms with van der Waals surface area (Å²) in [6.45, 7) is 3.34. The van der Waals surface area contributed by atoms with Gasteiger partial charge in [-0.25, -0.2) is 14.4 Å². The third kappa shape index (κ3) is 2.41. The summed E-state index contributed by atoms with van der Waals surface area (Å²) in [4.78, 5) is 8.46. The molecule has 0 aliphatic carbocycles. The number of alkyl halides is 1. The van der Waals surface area contributed by atoms with Gasteiger partial charge >= 0.3 is 0 Å². The number of imidazole rings is 2. The first-order valence-corrected chi connectivity index (χ1v) is 6.84. The summed E-state index contributed by atoms with van der Waals surface area (Å²) < 4.78 is 17.3. The van der Waals surface area contributed by atoms with Crippen molar-refractivity contribution in [3.05, 3.63) is 48.6 Å². The lowest BCUT2D eigenvalue weighted by atomic mass is 10.3. The summed E-state index contributed by atoms with van der Waals surface area (Å²) in [5.74, 6) is 0.470. The fraction of sp³-hybridized carbons (Fsp3) is 0.286. The Kier molecular flexibility index (Phi) is 3.44. The Morgan fingerprint density at radius 1 is 1.35 bits per heavy atom. The molecule has 0 radical (unpaired) electrons. The molecule has 3 aromatic rings. The molecule has 0 saturated heterocycles. The number of aromatic nitrogens is 4. The Balaban J connectivity index is 2.00. The number of benzene rings is 1. The molecule has 0 N–H and O–H groups in total. The van der Waals surface area contributed by atoms with Gasteiger partial charge in [0.2, 0.25) is 0 Å². The van der Waals surface area contributed by atoms with E-state index in [1.54, 1.807) is 18.6 Å². The summed E-state index contributed by atoms with van der Waals surface area (Å²) in [7, 11) is 0. The fourth-order valence-corrected chi connectivity index (χ4v) is 2.46. The van der Waals surface area contributed by atoms with Crippen molar-refractivity contribution in [2.75, 3.05) is 0 Å². The van der Waals surface area contributed by atoms with Crippen molar-refractivity contribution in [1.82, 2.24) is 19.1 Å². The van der Waals surface area contributed by atoms with Crippen LogP contribution in [-0.4, -0.2) is 19.1 Å². The number of rotatable bonds is 4. The third-order valence-electron chi connectivity index (χ3n) is 3.24. The molecule has 2 aromatic heterocycles. The number of halogens is 2. The lowest BCUT2D eigenvalue weighted by molar-refractivity contribution is 0.569. The first-order chi connectivity index (χ1) is 9.65. The van der Waals surface area contributed by atoms with Crippen LogP contribution in [0.4, 0.5) is 4.39 Å². The Morgan fingerprint density at radius 3 is 2.90 bits per heavy atom. The van der Waals surface area contributed by atoms with E-state index in [4.69, 9.17) is 11.6 Å². The molecule has 0 amide bonds. The molecule has 0 aliphatic rings. The van der Waals surface area contributed by atoms with Gasteiger partial charge in [0.05, 0.1) is 22.7 Å². The van der Waals surface area contributed by atoms with Crippen LogP contribution in [-0.2, 0) is 13.1 Å². The Hall–Kier alpha value is -1.88. The van der Waals surface area contributed by atoms with Crippen molar-refractivity contribution in [3.8, 4) is 0 Å². The average Bonchev–Trinajstić information content (AvgIpc) is 3.02. The second-order valence-electron chi connectivity index (χ2n) is 4.67. The molecule has 6 heteroatoms. The molecule has 0 spiro atoms. The van der Waals surface area contributed by atoms with Gasteiger partial charge in [-0.05, 0) is 19.1 Å². The molecular weight excluding hydrogens is 279 g/mol. The number of hydrogen-bond donors (Lipinski definition) is 0. The molecule has 2 heterocycles. The van der Waals surface area contributed by atoms with E-state index in [2.05, 4.69) is 9.97 Å². The molecule has 0 saturated carbocycles. The Labute approximate surface area is 120 Å². The van der Waals surface area contributed by atoms with Crippen LogP contribution >= 0.6 is 11.6 Å². The third-order valence-corrected chi connectivity index (χ3v) is 3.43. The Bertz CT molecular complexity index is 718. The smallest absolute Gasteiger partial charge is 0.127 e. The van der Waals surface area contributed by atoms with Crippen molar-refractivity contribution in [2.45, 2.75) is 25.4 Å². The van der Waals surface area contributed by atoms with E-state index in [9.17, 15) is 4.39 Å². The summed E-state index contributed by atoms with van der Waals surface area (Å²) in [6, 6.07) is 4.63. The maximum Gasteiger partial charge on any atom is 0.127 e. The highest BCUT2D eigenvalue weighted by Gasteiger charge is 2.15. The van der Waals surface area contributed by atoms with Crippen LogP contribution in [0.2, 0.25) is 0 Å². The minimum atomic E-state index is -0.287. The van der Waals surface area contributed by atoms with Gasteiger partial charge in [-0.2, -0.15) is 0 Å². The molecule has 104 valence electrons. The molecule has 1 atom stereocenters. The monoisotopic (exact) mass is 292 g/mol. The van der Waals surface area contributed by atoms with Gasteiger partial charge in [-0.3, -0.25) is 0 Å². The largest absolute Gasteiger partial charge is 0.336 e. The van der Waals surface area contributed by atoms with Crippen molar-refractivity contribution >= 4 is 22.6 Å². The first-order valence-electron chi connectivity index (χ1n) is 6.40. The fourth-order valence-electron chi connectivity index (χ4n) is 2.29. The zero-order chi connectivity index (χ0) is 14.1. The van der Waals surface area contributed by atoms with E-state index in [0.717, 1.165) is 17.9 Å². The quantitative estimate of drug-likeness (QED) is 0.691. The maximum atomic E-state index is 13.3. The second-order valence-corrected chi connectivity index (χ2v) is 5.33. The average molecular weight is 293 g/mol. The highest BCUT2D eigenvalue weighted by Crippen LogP contribution is 2.25. The molecule has 0 aliphatic heterocycles. The zero-order valence-electron chi connectivity index (χ0n) is 11.0. The molecule has 4 nitrogen and oxygen atoms in total. The van der Waals surface area contributed by atoms with E-state index in [-0.39, 0.29) is 11.2 Å². The SMILES string of the molecule is CC(Cl)c1nc2cc(F)ccc2n1CCn1ccnc1. The second kappa shape index (κ2) is 5.25. The minimum Gasteiger partial charge on any atom is -0.336 e. The van der Waals surface area contributed by atoms with Gasteiger partial charge < -0.3 is 9.13 Å². The van der Waals surface area contributed by atoms with Gasteiger partial charge in [0, 0.05) is 31.5 Å². The van der Waals surface area contributed by atoms with Gasteiger partial charge in [-0.1, -0.05) is 0 Å². The number of aryl methyl sites for hydroxylation is 2. The van der Waals surface area contributed by atoms with Crippen LogP contribution in [0, 0.1) is 5.82 Å². The highest BCUT2D eigenvalue weighted by molar-refractivity contribution is 6.20. The van der Waals surface area contributed by atoms with Crippen molar-refractivity contribution < 1.29 is 4.39 Å². The number of fused-ring (bicyclic) bond motifs is 1. The van der Waals surface area contributed by atoms with E-state index >= 15 is 0 Å². The van der Waals surface area contributed by atoms with Crippen LogP contribution in [0.3, 0.4) is 0 Å². The van der Waals surface area contributed by atoms with Gasteiger partial charge in [0.15, 0.2) is 0 Å². The van der Waals surface area contributed by atoms with Gasteiger partial charge in [-0.15, -0.1) is 11.6 Å². The normalized spacial score (nSPS) is 12.9. The number of nitrogens with zero attached hydrogens (tertiary/aromatic N) is 4. The van der Waals surface area contributed by atoms with Crippen LogP contribution in [0.25, 0.3) is 11.0 Å². The molecular formula is C14H14ClFN4. The van der Waals surface area contributed by atoms with Crippen molar-refractivity contribution in [1.29, 1.82) is 0 Å².